The highest BCUT2D eigenvalue weighted by Crippen LogP contribution is 2.15. The van der Waals surface area contributed by atoms with Crippen LogP contribution in [0.15, 0.2) is 17.2 Å². The predicted octanol–water partition coefficient (Wildman–Crippen LogP) is 3.11. The summed E-state index contributed by atoms with van der Waals surface area (Å²) in [6, 6.07) is 4.09. The second-order valence-corrected chi connectivity index (χ2v) is 5.11. The van der Waals surface area contributed by atoms with Crippen LogP contribution < -0.4 is 5.43 Å². The Morgan fingerprint density at radius 2 is 1.94 bits per heavy atom. The van der Waals surface area contributed by atoms with E-state index in [0.717, 1.165) is 5.56 Å². The lowest BCUT2D eigenvalue weighted by Crippen LogP contribution is -2.19. The maximum absolute atomic E-state index is 11.4. The van der Waals surface area contributed by atoms with E-state index in [1.54, 1.807) is 6.21 Å². The lowest BCUT2D eigenvalue weighted by molar-refractivity contribution is -0.121. The first-order chi connectivity index (χ1) is 8.41. The van der Waals surface area contributed by atoms with Gasteiger partial charge in [-0.1, -0.05) is 26.0 Å². The minimum absolute atomic E-state index is 0.0391. The third-order valence-electron chi connectivity index (χ3n) is 3.09. The van der Waals surface area contributed by atoms with E-state index in [9.17, 15) is 4.79 Å². The van der Waals surface area contributed by atoms with Crippen LogP contribution in [0.25, 0.3) is 0 Å². The highest BCUT2D eigenvalue weighted by atomic mass is 16.2. The van der Waals surface area contributed by atoms with Gasteiger partial charge in [-0.3, -0.25) is 4.79 Å². The summed E-state index contributed by atoms with van der Waals surface area (Å²) in [5.41, 5.74) is 7.35. The first-order valence-corrected chi connectivity index (χ1v) is 6.30. The van der Waals surface area contributed by atoms with Crippen LogP contribution in [0.1, 0.15) is 42.5 Å². The number of amides is 1. The highest BCUT2D eigenvalue weighted by Gasteiger charge is 2.03. The summed E-state index contributed by atoms with van der Waals surface area (Å²) in [5, 5.41) is 4.00. The molecule has 0 bridgehead atoms. The van der Waals surface area contributed by atoms with Crippen LogP contribution in [0.2, 0.25) is 0 Å². The number of rotatable bonds is 4. The van der Waals surface area contributed by atoms with Crippen molar-refractivity contribution in [1.29, 1.82) is 0 Å². The fraction of sp³-hybridized carbons (Fsp3) is 0.467. The molecule has 0 spiro atoms. The van der Waals surface area contributed by atoms with Crippen molar-refractivity contribution in [1.82, 2.24) is 5.43 Å². The van der Waals surface area contributed by atoms with Crippen molar-refractivity contribution in [2.45, 2.75) is 41.0 Å². The Kier molecular flexibility index (Phi) is 5.08. The second-order valence-electron chi connectivity index (χ2n) is 5.11. The number of hydrogen-bond donors (Lipinski definition) is 1. The summed E-state index contributed by atoms with van der Waals surface area (Å²) < 4.78 is 0. The van der Waals surface area contributed by atoms with Gasteiger partial charge in [0.15, 0.2) is 0 Å². The van der Waals surface area contributed by atoms with Gasteiger partial charge < -0.3 is 0 Å². The fourth-order valence-corrected chi connectivity index (χ4v) is 1.71. The summed E-state index contributed by atoms with van der Waals surface area (Å²) in [4.78, 5) is 11.4. The van der Waals surface area contributed by atoms with Crippen LogP contribution in [0, 0.1) is 26.7 Å². The maximum Gasteiger partial charge on any atom is 0.240 e. The lowest BCUT2D eigenvalue weighted by atomic mass is 10.00. The van der Waals surface area contributed by atoms with Crippen LogP contribution in [0.5, 0.6) is 0 Å². The highest BCUT2D eigenvalue weighted by molar-refractivity contribution is 5.84. The molecule has 0 aromatic heterocycles. The zero-order valence-corrected chi connectivity index (χ0v) is 11.9. The van der Waals surface area contributed by atoms with Gasteiger partial charge in [0.05, 0.1) is 6.21 Å². The van der Waals surface area contributed by atoms with Crippen LogP contribution in [0.4, 0.5) is 0 Å². The number of benzene rings is 1. The Labute approximate surface area is 109 Å². The Hall–Kier alpha value is -1.64. The molecule has 98 valence electrons. The number of carbonyl (C=O) groups excluding carboxylic acids is 1. The van der Waals surface area contributed by atoms with Crippen molar-refractivity contribution in [3.63, 3.8) is 0 Å². The van der Waals surface area contributed by atoms with E-state index in [2.05, 4.69) is 37.4 Å². The fourth-order valence-electron chi connectivity index (χ4n) is 1.71. The molecular formula is C15H22N2O. The van der Waals surface area contributed by atoms with Gasteiger partial charge in [-0.05, 0) is 48.9 Å². The quantitative estimate of drug-likeness (QED) is 0.643. The van der Waals surface area contributed by atoms with Crippen molar-refractivity contribution < 1.29 is 4.79 Å². The first kappa shape index (κ1) is 14.4. The van der Waals surface area contributed by atoms with E-state index in [1.165, 1.54) is 16.7 Å². The van der Waals surface area contributed by atoms with Gasteiger partial charge in [0.1, 0.15) is 0 Å². The molecule has 0 unspecified atom stereocenters. The van der Waals surface area contributed by atoms with Gasteiger partial charge in [0.2, 0.25) is 5.91 Å². The molecule has 1 amide bonds. The Morgan fingerprint density at radius 3 is 2.56 bits per heavy atom. The molecule has 0 fully saturated rings. The van der Waals surface area contributed by atoms with E-state index in [-0.39, 0.29) is 5.91 Å². The maximum atomic E-state index is 11.4. The van der Waals surface area contributed by atoms with Crippen molar-refractivity contribution in [2.24, 2.45) is 11.0 Å². The average molecular weight is 246 g/mol. The topological polar surface area (TPSA) is 41.5 Å². The minimum atomic E-state index is -0.0391. The van der Waals surface area contributed by atoms with E-state index in [4.69, 9.17) is 0 Å². The third kappa shape index (κ3) is 3.99. The molecule has 3 heteroatoms. The molecular weight excluding hydrogens is 224 g/mol. The average Bonchev–Trinajstić information content (AvgIpc) is 2.28. The molecule has 1 N–H and O–H groups in total. The Balaban J connectivity index is 2.68. The smallest absolute Gasteiger partial charge is 0.240 e. The molecule has 0 aliphatic rings. The summed E-state index contributed by atoms with van der Waals surface area (Å²) in [7, 11) is 0. The molecule has 0 radical (unpaired) electrons. The SMILES string of the molecule is Cc1ccc(/C=N\NC(=O)CC(C)C)c(C)c1C. The standard InChI is InChI=1S/C15H22N2O/c1-10(2)8-15(18)17-16-9-14-7-6-11(3)12(4)13(14)5/h6-7,9-10H,8H2,1-5H3,(H,17,18)/b16-9-. The Bertz CT molecular complexity index is 462. The third-order valence-corrected chi connectivity index (χ3v) is 3.09. The largest absolute Gasteiger partial charge is 0.273 e. The van der Waals surface area contributed by atoms with Gasteiger partial charge in [0, 0.05) is 6.42 Å². The van der Waals surface area contributed by atoms with Gasteiger partial charge >= 0.3 is 0 Å². The van der Waals surface area contributed by atoms with E-state index >= 15 is 0 Å². The van der Waals surface area contributed by atoms with Crippen molar-refractivity contribution in [2.75, 3.05) is 0 Å². The van der Waals surface area contributed by atoms with Crippen molar-refractivity contribution in [3.05, 3.63) is 34.4 Å². The molecule has 18 heavy (non-hydrogen) atoms. The van der Waals surface area contributed by atoms with E-state index in [1.807, 2.05) is 19.9 Å². The van der Waals surface area contributed by atoms with E-state index in [0.29, 0.717) is 12.3 Å². The molecule has 0 saturated carbocycles. The molecule has 0 saturated heterocycles. The van der Waals surface area contributed by atoms with Gasteiger partial charge in [0.25, 0.3) is 0 Å². The van der Waals surface area contributed by atoms with Crippen LogP contribution >= 0.6 is 0 Å². The van der Waals surface area contributed by atoms with Crippen molar-refractivity contribution >= 4 is 12.1 Å². The molecule has 0 aliphatic heterocycles. The number of carbonyl (C=O) groups is 1. The molecule has 0 heterocycles. The molecule has 1 aromatic carbocycles. The van der Waals surface area contributed by atoms with Crippen LogP contribution in [0.3, 0.4) is 0 Å². The van der Waals surface area contributed by atoms with Crippen molar-refractivity contribution in [3.8, 4) is 0 Å². The minimum Gasteiger partial charge on any atom is -0.273 e. The van der Waals surface area contributed by atoms with Gasteiger partial charge in [-0.2, -0.15) is 5.10 Å². The van der Waals surface area contributed by atoms with E-state index < -0.39 is 0 Å². The number of nitrogens with zero attached hydrogens (tertiary/aromatic N) is 1. The summed E-state index contributed by atoms with van der Waals surface area (Å²) >= 11 is 0. The normalized spacial score (nSPS) is 11.2. The molecule has 1 rings (SSSR count). The van der Waals surface area contributed by atoms with Crippen LogP contribution in [-0.2, 0) is 4.79 Å². The predicted molar refractivity (Wildman–Crippen MR) is 75.8 cm³/mol. The molecule has 1 aromatic rings. The monoisotopic (exact) mass is 246 g/mol. The molecule has 3 nitrogen and oxygen atoms in total. The Morgan fingerprint density at radius 1 is 1.28 bits per heavy atom. The number of hydrazone groups is 1. The molecule has 0 aliphatic carbocycles. The number of nitrogens with one attached hydrogen (secondary N) is 1. The number of aryl methyl sites for hydroxylation is 1. The molecule has 0 atom stereocenters. The summed E-state index contributed by atoms with van der Waals surface area (Å²) in [6.07, 6.45) is 2.21. The second kappa shape index (κ2) is 6.34. The summed E-state index contributed by atoms with van der Waals surface area (Å²) in [6.45, 7) is 10.3. The summed E-state index contributed by atoms with van der Waals surface area (Å²) in [5.74, 6) is 0.311. The zero-order chi connectivity index (χ0) is 13.7. The van der Waals surface area contributed by atoms with Crippen LogP contribution in [-0.4, -0.2) is 12.1 Å². The zero-order valence-electron chi connectivity index (χ0n) is 11.9. The van der Waals surface area contributed by atoms with Gasteiger partial charge in [-0.25, -0.2) is 5.43 Å². The van der Waals surface area contributed by atoms with Gasteiger partial charge in [-0.15, -0.1) is 0 Å². The first-order valence-electron chi connectivity index (χ1n) is 6.30. The lowest BCUT2D eigenvalue weighted by Gasteiger charge is -2.07. The number of hydrogen-bond acceptors (Lipinski definition) is 2.